The Hall–Kier alpha value is -0.780. The fraction of sp³-hybridized carbons (Fsp3) is 0.909. The summed E-state index contributed by atoms with van der Waals surface area (Å²) in [5, 5.41) is 3.25. The predicted molar refractivity (Wildman–Crippen MR) is 56.4 cm³/mol. The minimum absolute atomic E-state index is 0.133. The van der Waals surface area contributed by atoms with E-state index in [4.69, 9.17) is 0 Å². The smallest absolute Gasteiger partial charge is 0.342 e. The van der Waals surface area contributed by atoms with Crippen LogP contribution < -0.4 is 5.32 Å². The molecule has 2 heterocycles. The molecule has 1 N–H and O–H groups in total. The van der Waals surface area contributed by atoms with Crippen molar-refractivity contribution >= 4 is 5.91 Å². The fourth-order valence-electron chi connectivity index (χ4n) is 2.70. The molecular weight excluding hydrogens is 233 g/mol. The maximum Gasteiger partial charge on any atom is 0.389 e. The highest BCUT2D eigenvalue weighted by molar-refractivity contribution is 5.76. The highest BCUT2D eigenvalue weighted by atomic mass is 19.4. The average Bonchev–Trinajstić information content (AvgIpc) is 2.85. The number of nitrogens with one attached hydrogen (secondary N) is 1. The summed E-state index contributed by atoms with van der Waals surface area (Å²) >= 11 is 0. The van der Waals surface area contributed by atoms with Crippen molar-refractivity contribution in [1.29, 1.82) is 0 Å². The van der Waals surface area contributed by atoms with E-state index < -0.39 is 19.0 Å². The normalized spacial score (nSPS) is 29.2. The van der Waals surface area contributed by atoms with Crippen LogP contribution in [0.4, 0.5) is 13.2 Å². The lowest BCUT2D eigenvalue weighted by Crippen LogP contribution is -2.33. The SMILES string of the molecule is O=C(CCC(F)(F)F)N1CCC2(CCNC2)C1. The van der Waals surface area contributed by atoms with E-state index in [-0.39, 0.29) is 11.3 Å². The second kappa shape index (κ2) is 4.48. The molecule has 0 aromatic heterocycles. The topological polar surface area (TPSA) is 32.3 Å². The van der Waals surface area contributed by atoms with Crippen LogP contribution in [0.2, 0.25) is 0 Å². The van der Waals surface area contributed by atoms with Gasteiger partial charge >= 0.3 is 6.18 Å². The number of rotatable bonds is 2. The minimum atomic E-state index is -4.23. The molecule has 1 spiro atoms. The molecule has 0 radical (unpaired) electrons. The molecule has 0 aromatic rings. The predicted octanol–water partition coefficient (Wildman–Crippen LogP) is 1.54. The fourth-order valence-corrected chi connectivity index (χ4v) is 2.70. The van der Waals surface area contributed by atoms with E-state index in [0.717, 1.165) is 25.9 Å². The first kappa shape index (κ1) is 12.7. The van der Waals surface area contributed by atoms with Crippen LogP contribution in [0.25, 0.3) is 0 Å². The van der Waals surface area contributed by atoms with E-state index in [1.807, 2.05) is 0 Å². The van der Waals surface area contributed by atoms with Gasteiger partial charge in [-0.2, -0.15) is 13.2 Å². The molecule has 1 amide bonds. The Kier molecular flexibility index (Phi) is 3.34. The Labute approximate surface area is 98.3 Å². The standard InChI is InChI=1S/C11H17F3N2O/c12-11(13,14)2-1-9(17)16-6-4-10(8-16)3-5-15-7-10/h15H,1-8H2. The average molecular weight is 250 g/mol. The quantitative estimate of drug-likeness (QED) is 0.806. The molecule has 0 aromatic carbocycles. The van der Waals surface area contributed by atoms with Crippen LogP contribution in [-0.2, 0) is 4.79 Å². The van der Waals surface area contributed by atoms with Crippen LogP contribution in [0, 0.1) is 5.41 Å². The van der Waals surface area contributed by atoms with Crippen LogP contribution >= 0.6 is 0 Å². The van der Waals surface area contributed by atoms with Gasteiger partial charge in [0.15, 0.2) is 0 Å². The minimum Gasteiger partial charge on any atom is -0.342 e. The lowest BCUT2D eigenvalue weighted by molar-refractivity contribution is -0.148. The number of halogens is 3. The molecule has 2 aliphatic heterocycles. The van der Waals surface area contributed by atoms with E-state index in [1.165, 1.54) is 0 Å². The van der Waals surface area contributed by atoms with Crippen molar-refractivity contribution < 1.29 is 18.0 Å². The van der Waals surface area contributed by atoms with Gasteiger partial charge in [0.25, 0.3) is 0 Å². The molecule has 0 saturated carbocycles. The van der Waals surface area contributed by atoms with E-state index in [0.29, 0.717) is 13.1 Å². The van der Waals surface area contributed by atoms with Crippen LogP contribution in [0.15, 0.2) is 0 Å². The Morgan fingerprint density at radius 2 is 2.12 bits per heavy atom. The zero-order valence-electron chi connectivity index (χ0n) is 9.65. The Balaban J connectivity index is 1.82. The van der Waals surface area contributed by atoms with Gasteiger partial charge in [-0.25, -0.2) is 0 Å². The van der Waals surface area contributed by atoms with E-state index >= 15 is 0 Å². The third kappa shape index (κ3) is 3.12. The van der Waals surface area contributed by atoms with Crippen LogP contribution in [-0.4, -0.2) is 43.2 Å². The second-order valence-corrected chi connectivity index (χ2v) is 5.11. The highest BCUT2D eigenvalue weighted by Crippen LogP contribution is 2.36. The third-order valence-corrected chi connectivity index (χ3v) is 3.75. The van der Waals surface area contributed by atoms with Crippen LogP contribution in [0.1, 0.15) is 25.7 Å². The molecule has 2 aliphatic rings. The summed E-state index contributed by atoms with van der Waals surface area (Å²) in [5.41, 5.74) is 0.133. The molecule has 2 saturated heterocycles. The van der Waals surface area contributed by atoms with Crippen molar-refractivity contribution in [1.82, 2.24) is 10.2 Å². The molecular formula is C11H17F3N2O. The first-order valence-electron chi connectivity index (χ1n) is 5.96. The molecule has 1 unspecified atom stereocenters. The summed E-state index contributed by atoms with van der Waals surface area (Å²) in [6.07, 6.45) is -3.71. The van der Waals surface area contributed by atoms with Gasteiger partial charge in [0.05, 0.1) is 6.42 Å². The van der Waals surface area contributed by atoms with E-state index in [1.54, 1.807) is 4.90 Å². The van der Waals surface area contributed by atoms with Crippen molar-refractivity contribution in [2.75, 3.05) is 26.2 Å². The van der Waals surface area contributed by atoms with E-state index in [2.05, 4.69) is 5.32 Å². The van der Waals surface area contributed by atoms with Gasteiger partial charge in [-0.1, -0.05) is 0 Å². The zero-order chi connectivity index (χ0) is 12.5. The number of carbonyl (C=O) groups excluding carboxylic acids is 1. The monoisotopic (exact) mass is 250 g/mol. The summed E-state index contributed by atoms with van der Waals surface area (Å²) in [5.74, 6) is -0.355. The zero-order valence-corrected chi connectivity index (χ0v) is 9.65. The van der Waals surface area contributed by atoms with Crippen LogP contribution in [0.3, 0.4) is 0 Å². The third-order valence-electron chi connectivity index (χ3n) is 3.75. The first-order chi connectivity index (χ1) is 7.90. The van der Waals surface area contributed by atoms with Gasteiger partial charge in [-0.3, -0.25) is 4.79 Å². The Morgan fingerprint density at radius 3 is 2.71 bits per heavy atom. The number of nitrogens with zero attached hydrogens (tertiary/aromatic N) is 1. The Morgan fingerprint density at radius 1 is 1.35 bits per heavy atom. The maximum absolute atomic E-state index is 12.0. The lowest BCUT2D eigenvalue weighted by atomic mass is 9.86. The summed E-state index contributed by atoms with van der Waals surface area (Å²) < 4.78 is 36.0. The van der Waals surface area contributed by atoms with Crippen molar-refractivity contribution in [3.8, 4) is 0 Å². The number of hydrogen-bond donors (Lipinski definition) is 1. The van der Waals surface area contributed by atoms with Gasteiger partial charge in [0.2, 0.25) is 5.91 Å². The van der Waals surface area contributed by atoms with Crippen LogP contribution in [0.5, 0.6) is 0 Å². The number of hydrogen-bond acceptors (Lipinski definition) is 2. The molecule has 0 aliphatic carbocycles. The number of amides is 1. The van der Waals surface area contributed by atoms with Gasteiger partial charge in [-0.05, 0) is 19.4 Å². The molecule has 0 bridgehead atoms. The maximum atomic E-state index is 12.0. The molecule has 1 atom stereocenters. The second-order valence-electron chi connectivity index (χ2n) is 5.11. The van der Waals surface area contributed by atoms with E-state index in [9.17, 15) is 18.0 Å². The van der Waals surface area contributed by atoms with Gasteiger partial charge < -0.3 is 10.2 Å². The molecule has 2 fully saturated rings. The molecule has 2 rings (SSSR count). The van der Waals surface area contributed by atoms with Gasteiger partial charge in [-0.15, -0.1) is 0 Å². The number of alkyl halides is 3. The number of carbonyl (C=O) groups is 1. The molecule has 6 heteroatoms. The summed E-state index contributed by atoms with van der Waals surface area (Å²) in [7, 11) is 0. The summed E-state index contributed by atoms with van der Waals surface area (Å²) in [6, 6.07) is 0. The highest BCUT2D eigenvalue weighted by Gasteiger charge is 2.42. The summed E-state index contributed by atoms with van der Waals surface area (Å²) in [6.45, 7) is 3.07. The van der Waals surface area contributed by atoms with Crippen molar-refractivity contribution in [3.63, 3.8) is 0 Å². The molecule has 3 nitrogen and oxygen atoms in total. The van der Waals surface area contributed by atoms with Gasteiger partial charge in [0.1, 0.15) is 0 Å². The van der Waals surface area contributed by atoms with Crippen molar-refractivity contribution in [3.05, 3.63) is 0 Å². The van der Waals surface area contributed by atoms with Crippen molar-refractivity contribution in [2.24, 2.45) is 5.41 Å². The molecule has 17 heavy (non-hydrogen) atoms. The lowest BCUT2D eigenvalue weighted by Gasteiger charge is -2.22. The molecule has 98 valence electrons. The van der Waals surface area contributed by atoms with Gasteiger partial charge in [0, 0.05) is 31.5 Å². The summed E-state index contributed by atoms with van der Waals surface area (Å²) in [4.78, 5) is 13.2. The number of likely N-dealkylation sites (tertiary alicyclic amines) is 1. The first-order valence-corrected chi connectivity index (χ1v) is 5.96. The Bertz CT molecular complexity index is 298. The van der Waals surface area contributed by atoms with Crippen molar-refractivity contribution in [2.45, 2.75) is 31.9 Å². The largest absolute Gasteiger partial charge is 0.389 e.